The van der Waals surface area contributed by atoms with E-state index in [0.717, 1.165) is 10.2 Å². The van der Waals surface area contributed by atoms with Gasteiger partial charge in [0.15, 0.2) is 5.13 Å². The molecule has 1 heterocycles. The number of thiazole rings is 1. The van der Waals surface area contributed by atoms with Gasteiger partial charge in [-0.2, -0.15) is 0 Å². The molecule has 0 radical (unpaired) electrons. The number of aromatic nitrogens is 1. The van der Waals surface area contributed by atoms with Gasteiger partial charge in [0.1, 0.15) is 19.0 Å². The van der Waals surface area contributed by atoms with Crippen LogP contribution in [-0.2, 0) is 0 Å². The minimum Gasteiger partial charge on any atom is -0.491 e. The third-order valence-electron chi connectivity index (χ3n) is 1.72. The van der Waals surface area contributed by atoms with Crippen LogP contribution in [0.25, 0.3) is 10.2 Å². The second-order valence-electron chi connectivity index (χ2n) is 2.72. The Balaban J connectivity index is 2.31. The number of halogens is 1. The van der Waals surface area contributed by atoms with E-state index in [9.17, 15) is 4.39 Å². The summed E-state index contributed by atoms with van der Waals surface area (Å²) in [6.07, 6.45) is 0. The normalized spacial score (nSPS) is 10.6. The van der Waals surface area contributed by atoms with Crippen LogP contribution in [0, 0.1) is 0 Å². The fraction of sp³-hybridized carbons (Fsp3) is 0.222. The molecule has 0 saturated carbocycles. The van der Waals surface area contributed by atoms with E-state index in [2.05, 4.69) is 4.98 Å². The number of nitrogen functional groups attached to an aromatic ring is 1. The molecule has 1 aromatic carbocycles. The van der Waals surface area contributed by atoms with E-state index in [-0.39, 0.29) is 6.61 Å². The maximum absolute atomic E-state index is 11.8. The summed E-state index contributed by atoms with van der Waals surface area (Å²) in [4.78, 5) is 4.10. The molecule has 74 valence electrons. The van der Waals surface area contributed by atoms with Crippen LogP contribution in [-0.4, -0.2) is 18.3 Å². The summed E-state index contributed by atoms with van der Waals surface area (Å²) in [5.74, 6) is 0.652. The van der Waals surface area contributed by atoms with Crippen LogP contribution in [0.15, 0.2) is 18.2 Å². The Morgan fingerprint density at radius 3 is 3.14 bits per heavy atom. The monoisotopic (exact) mass is 212 g/mol. The van der Waals surface area contributed by atoms with Crippen LogP contribution in [0.5, 0.6) is 5.75 Å². The topological polar surface area (TPSA) is 48.1 Å². The molecule has 0 aliphatic heterocycles. The van der Waals surface area contributed by atoms with Gasteiger partial charge in [-0.1, -0.05) is 11.3 Å². The molecule has 0 saturated heterocycles. The molecule has 0 unspecified atom stereocenters. The molecule has 0 spiro atoms. The van der Waals surface area contributed by atoms with E-state index in [1.807, 2.05) is 12.1 Å². The lowest BCUT2D eigenvalue weighted by Gasteiger charge is -2.01. The van der Waals surface area contributed by atoms with Crippen molar-refractivity contribution in [3.8, 4) is 5.75 Å². The van der Waals surface area contributed by atoms with Crippen LogP contribution in [0.3, 0.4) is 0 Å². The number of benzene rings is 1. The quantitative estimate of drug-likeness (QED) is 0.848. The van der Waals surface area contributed by atoms with Crippen molar-refractivity contribution in [1.29, 1.82) is 0 Å². The number of hydrogen-bond donors (Lipinski definition) is 1. The minimum atomic E-state index is -0.483. The minimum absolute atomic E-state index is 0.0831. The van der Waals surface area contributed by atoms with Crippen LogP contribution in [0.4, 0.5) is 9.52 Å². The van der Waals surface area contributed by atoms with E-state index in [1.165, 1.54) is 11.3 Å². The number of ether oxygens (including phenoxy) is 1. The van der Waals surface area contributed by atoms with Gasteiger partial charge in [-0.25, -0.2) is 9.37 Å². The predicted octanol–water partition coefficient (Wildman–Crippen LogP) is 2.23. The summed E-state index contributed by atoms with van der Waals surface area (Å²) in [5.41, 5.74) is 6.39. The Morgan fingerprint density at radius 1 is 1.50 bits per heavy atom. The van der Waals surface area contributed by atoms with Gasteiger partial charge < -0.3 is 10.5 Å². The van der Waals surface area contributed by atoms with Crippen LogP contribution < -0.4 is 10.5 Å². The lowest BCUT2D eigenvalue weighted by atomic mass is 10.3. The molecular formula is C9H9FN2OS. The Morgan fingerprint density at radius 2 is 2.36 bits per heavy atom. The smallest absolute Gasteiger partial charge is 0.181 e. The van der Waals surface area contributed by atoms with Crippen molar-refractivity contribution >= 4 is 26.7 Å². The van der Waals surface area contributed by atoms with E-state index >= 15 is 0 Å². The first-order valence-corrected chi connectivity index (χ1v) is 4.96. The SMILES string of the molecule is Nc1nc2ccc(OCCF)cc2s1. The number of hydrogen-bond acceptors (Lipinski definition) is 4. The maximum atomic E-state index is 11.8. The standard InChI is InChI=1S/C9H9FN2OS/c10-3-4-13-6-1-2-7-8(5-6)14-9(11)12-7/h1-2,5H,3-4H2,(H2,11,12). The molecule has 0 atom stereocenters. The molecular weight excluding hydrogens is 203 g/mol. The summed E-state index contributed by atoms with van der Waals surface area (Å²) in [7, 11) is 0. The zero-order chi connectivity index (χ0) is 9.97. The van der Waals surface area contributed by atoms with E-state index in [0.29, 0.717) is 10.9 Å². The summed E-state index contributed by atoms with van der Waals surface area (Å²) < 4.78 is 17.9. The summed E-state index contributed by atoms with van der Waals surface area (Å²) >= 11 is 1.39. The molecule has 0 aliphatic rings. The molecule has 0 bridgehead atoms. The molecule has 2 aromatic rings. The predicted molar refractivity (Wildman–Crippen MR) is 55.5 cm³/mol. The Labute approximate surface area is 84.3 Å². The molecule has 0 fully saturated rings. The van der Waals surface area contributed by atoms with Crippen molar-refractivity contribution in [2.24, 2.45) is 0 Å². The zero-order valence-corrected chi connectivity index (χ0v) is 8.18. The van der Waals surface area contributed by atoms with Gasteiger partial charge >= 0.3 is 0 Å². The van der Waals surface area contributed by atoms with Gasteiger partial charge in [-0.3, -0.25) is 0 Å². The highest BCUT2D eigenvalue weighted by Gasteiger charge is 2.02. The summed E-state index contributed by atoms with van der Waals surface area (Å²) in [5, 5.41) is 0.530. The fourth-order valence-electron chi connectivity index (χ4n) is 1.17. The molecule has 3 nitrogen and oxygen atoms in total. The van der Waals surface area contributed by atoms with Gasteiger partial charge in [0.2, 0.25) is 0 Å². The van der Waals surface area contributed by atoms with Crippen LogP contribution >= 0.6 is 11.3 Å². The summed E-state index contributed by atoms with van der Waals surface area (Å²) in [6.45, 7) is -0.400. The van der Waals surface area contributed by atoms with Gasteiger partial charge in [0, 0.05) is 0 Å². The average molecular weight is 212 g/mol. The third-order valence-corrected chi connectivity index (χ3v) is 2.57. The maximum Gasteiger partial charge on any atom is 0.181 e. The number of anilines is 1. The summed E-state index contributed by atoms with van der Waals surface area (Å²) in [6, 6.07) is 5.39. The molecule has 1 aromatic heterocycles. The van der Waals surface area contributed by atoms with Crippen molar-refractivity contribution in [3.05, 3.63) is 18.2 Å². The first kappa shape index (κ1) is 9.21. The lowest BCUT2D eigenvalue weighted by Crippen LogP contribution is -1.97. The van der Waals surface area contributed by atoms with Gasteiger partial charge in [-0.05, 0) is 18.2 Å². The van der Waals surface area contributed by atoms with Crippen molar-refractivity contribution in [2.45, 2.75) is 0 Å². The third kappa shape index (κ3) is 1.77. The Hall–Kier alpha value is -1.36. The number of alkyl halides is 1. The highest BCUT2D eigenvalue weighted by molar-refractivity contribution is 7.22. The van der Waals surface area contributed by atoms with Crippen molar-refractivity contribution in [2.75, 3.05) is 19.0 Å². The number of fused-ring (bicyclic) bond motifs is 1. The first-order valence-electron chi connectivity index (χ1n) is 4.14. The van der Waals surface area contributed by atoms with Gasteiger partial charge in [-0.15, -0.1) is 0 Å². The number of nitrogens with two attached hydrogens (primary N) is 1. The average Bonchev–Trinajstić information content (AvgIpc) is 2.54. The van der Waals surface area contributed by atoms with E-state index in [1.54, 1.807) is 6.07 Å². The molecule has 2 N–H and O–H groups in total. The lowest BCUT2D eigenvalue weighted by molar-refractivity contribution is 0.273. The van der Waals surface area contributed by atoms with E-state index < -0.39 is 6.67 Å². The van der Waals surface area contributed by atoms with Crippen LogP contribution in [0.1, 0.15) is 0 Å². The van der Waals surface area contributed by atoms with Gasteiger partial charge in [0.25, 0.3) is 0 Å². The van der Waals surface area contributed by atoms with Crippen molar-refractivity contribution in [1.82, 2.24) is 4.98 Å². The first-order chi connectivity index (χ1) is 6.79. The molecule has 14 heavy (non-hydrogen) atoms. The Kier molecular flexibility index (Phi) is 2.49. The molecule has 0 aliphatic carbocycles. The highest BCUT2D eigenvalue weighted by Crippen LogP contribution is 2.27. The molecule has 2 rings (SSSR count). The number of nitrogens with zero attached hydrogens (tertiary/aromatic N) is 1. The van der Waals surface area contributed by atoms with Crippen molar-refractivity contribution in [3.63, 3.8) is 0 Å². The zero-order valence-electron chi connectivity index (χ0n) is 7.37. The van der Waals surface area contributed by atoms with Crippen LogP contribution in [0.2, 0.25) is 0 Å². The Bertz CT molecular complexity index is 443. The van der Waals surface area contributed by atoms with Gasteiger partial charge in [0.05, 0.1) is 10.2 Å². The highest BCUT2D eigenvalue weighted by atomic mass is 32.1. The molecule has 0 amide bonds. The largest absolute Gasteiger partial charge is 0.491 e. The van der Waals surface area contributed by atoms with Crippen molar-refractivity contribution < 1.29 is 9.13 Å². The second-order valence-corrected chi connectivity index (χ2v) is 3.78. The second kappa shape index (κ2) is 3.79. The fourth-order valence-corrected chi connectivity index (χ4v) is 1.93. The van der Waals surface area contributed by atoms with E-state index in [4.69, 9.17) is 10.5 Å². The molecule has 5 heteroatoms. The number of rotatable bonds is 3.